The van der Waals surface area contributed by atoms with Gasteiger partial charge in [-0.2, -0.15) is 0 Å². The number of nitrogens with one attached hydrogen (secondary N) is 2. The summed E-state index contributed by atoms with van der Waals surface area (Å²) in [4.78, 5) is 53.2. The third-order valence-electron chi connectivity index (χ3n) is 5.62. The Labute approximate surface area is 213 Å². The number of rotatable bonds is 11. The Bertz CT molecular complexity index is 989. The van der Waals surface area contributed by atoms with Crippen LogP contribution < -0.4 is 16.4 Å². The molecule has 4 amide bonds. The molecule has 0 radical (unpaired) electrons. The number of ether oxygens (including phenoxy) is 1. The smallest absolute Gasteiger partial charge is 0.408 e. The first kappa shape index (κ1) is 28.7. The third-order valence-corrected chi connectivity index (χ3v) is 5.62. The number of carbonyl (C=O) groups is 4. The zero-order valence-corrected chi connectivity index (χ0v) is 21.8. The second-order valence-corrected chi connectivity index (χ2v) is 10.2. The summed E-state index contributed by atoms with van der Waals surface area (Å²) >= 11 is 0. The van der Waals surface area contributed by atoms with Crippen LogP contribution in [0.15, 0.2) is 24.3 Å². The maximum atomic E-state index is 13.9. The molecule has 2 rings (SSSR count). The highest BCUT2D eigenvalue weighted by Gasteiger charge is 2.44. The topological polar surface area (TPSA) is 131 Å². The molecule has 0 spiro atoms. The van der Waals surface area contributed by atoms with Crippen LogP contribution >= 0.6 is 0 Å². The maximum Gasteiger partial charge on any atom is 0.408 e. The first-order valence-electron chi connectivity index (χ1n) is 12.3. The van der Waals surface area contributed by atoms with Gasteiger partial charge < -0.3 is 26.0 Å². The van der Waals surface area contributed by atoms with E-state index in [1.165, 1.54) is 4.90 Å². The average molecular weight is 499 g/mol. The molecule has 3 atom stereocenters. The summed E-state index contributed by atoms with van der Waals surface area (Å²) in [5.41, 5.74) is 5.81. The minimum atomic E-state index is -1.29. The van der Waals surface area contributed by atoms with Crippen LogP contribution in [-0.2, 0) is 19.1 Å². The molecule has 1 aromatic carbocycles. The van der Waals surface area contributed by atoms with Crippen LogP contribution in [0.1, 0.15) is 83.9 Å². The van der Waals surface area contributed by atoms with E-state index in [1.807, 2.05) is 13.8 Å². The lowest BCUT2D eigenvalue weighted by atomic mass is 10.00. The molecule has 0 bridgehead atoms. The number of carbonyl (C=O) groups excluding carboxylic acids is 4. The van der Waals surface area contributed by atoms with Crippen LogP contribution in [0.2, 0.25) is 0 Å². The number of nitrogens with zero attached hydrogens (tertiary/aromatic N) is 1. The van der Waals surface area contributed by atoms with Crippen LogP contribution in [-0.4, -0.2) is 52.4 Å². The normalized spacial score (nSPS) is 15.6. The van der Waals surface area contributed by atoms with Crippen LogP contribution in [0.5, 0.6) is 0 Å². The fourth-order valence-electron chi connectivity index (χ4n) is 3.93. The number of primary amides is 1. The van der Waals surface area contributed by atoms with Crippen molar-refractivity contribution < 1.29 is 23.9 Å². The van der Waals surface area contributed by atoms with Gasteiger partial charge in [0.25, 0.3) is 0 Å². The lowest BCUT2D eigenvalue weighted by Gasteiger charge is -2.35. The molecule has 0 aliphatic heterocycles. The lowest BCUT2D eigenvalue weighted by molar-refractivity contribution is -0.144. The Hall–Kier alpha value is -3.54. The number of hydrogen-bond donors (Lipinski definition) is 3. The molecule has 1 aliphatic rings. The Morgan fingerprint density at radius 1 is 1.17 bits per heavy atom. The van der Waals surface area contributed by atoms with Gasteiger partial charge in [0.1, 0.15) is 17.7 Å². The predicted molar refractivity (Wildman–Crippen MR) is 136 cm³/mol. The molecule has 9 heteroatoms. The van der Waals surface area contributed by atoms with Crippen molar-refractivity contribution in [3.05, 3.63) is 35.4 Å². The number of alkyl carbamates (subject to hydrolysis) is 1. The molecule has 36 heavy (non-hydrogen) atoms. The first-order valence-corrected chi connectivity index (χ1v) is 12.3. The summed E-state index contributed by atoms with van der Waals surface area (Å²) in [5.74, 6) is 0.852. The number of terminal acetylenes is 1. The van der Waals surface area contributed by atoms with Crippen molar-refractivity contribution in [1.29, 1.82) is 0 Å². The van der Waals surface area contributed by atoms with Gasteiger partial charge in [0.2, 0.25) is 17.7 Å². The molecule has 1 fully saturated rings. The average Bonchev–Trinajstić information content (AvgIpc) is 3.60. The summed E-state index contributed by atoms with van der Waals surface area (Å²) in [6, 6.07) is 4.26. The fraction of sp³-hybridized carbons (Fsp3) is 0.556. The summed E-state index contributed by atoms with van der Waals surface area (Å²) in [6.45, 7) is 8.99. The molecule has 1 aromatic rings. The van der Waals surface area contributed by atoms with Crippen LogP contribution in [0.3, 0.4) is 0 Å². The van der Waals surface area contributed by atoms with E-state index in [4.69, 9.17) is 16.9 Å². The van der Waals surface area contributed by atoms with Gasteiger partial charge in [0.05, 0.1) is 6.42 Å². The van der Waals surface area contributed by atoms with Crippen LogP contribution in [0.4, 0.5) is 4.79 Å². The highest BCUT2D eigenvalue weighted by atomic mass is 16.6. The molecule has 1 saturated carbocycles. The number of nitrogens with two attached hydrogens (primary N) is 1. The zero-order valence-electron chi connectivity index (χ0n) is 21.8. The van der Waals surface area contributed by atoms with Crippen molar-refractivity contribution in [2.24, 2.45) is 5.73 Å². The van der Waals surface area contributed by atoms with Gasteiger partial charge in [0, 0.05) is 17.6 Å². The van der Waals surface area contributed by atoms with Gasteiger partial charge in [-0.1, -0.05) is 31.4 Å². The van der Waals surface area contributed by atoms with Gasteiger partial charge in [-0.15, -0.1) is 6.42 Å². The Kier molecular flexibility index (Phi) is 9.91. The van der Waals surface area contributed by atoms with E-state index >= 15 is 0 Å². The maximum absolute atomic E-state index is 13.9. The molecule has 4 N–H and O–H groups in total. The number of benzene rings is 1. The van der Waals surface area contributed by atoms with Crippen molar-refractivity contribution in [1.82, 2.24) is 15.5 Å². The van der Waals surface area contributed by atoms with E-state index < -0.39 is 42.0 Å². The summed E-state index contributed by atoms with van der Waals surface area (Å²) in [7, 11) is 0. The molecule has 1 aliphatic carbocycles. The SMILES string of the molecule is C#Cc1ccc(C(C(=O)NC(C)CCC)N(C(=O)C(CC(N)=O)NC(=O)OC(C)(C)C)C2CC2)cc1. The Morgan fingerprint density at radius 2 is 1.78 bits per heavy atom. The van der Waals surface area contributed by atoms with E-state index in [0.29, 0.717) is 24.0 Å². The minimum Gasteiger partial charge on any atom is -0.444 e. The van der Waals surface area contributed by atoms with E-state index in [-0.39, 0.29) is 18.0 Å². The molecule has 3 unspecified atom stereocenters. The largest absolute Gasteiger partial charge is 0.444 e. The summed E-state index contributed by atoms with van der Waals surface area (Å²) in [5, 5.41) is 5.48. The monoisotopic (exact) mass is 498 g/mol. The van der Waals surface area contributed by atoms with Crippen molar-refractivity contribution >= 4 is 23.8 Å². The van der Waals surface area contributed by atoms with E-state index in [1.54, 1.807) is 45.0 Å². The lowest BCUT2D eigenvalue weighted by Crippen LogP contribution is -2.55. The zero-order chi connectivity index (χ0) is 27.0. The van der Waals surface area contributed by atoms with Crippen molar-refractivity contribution in [2.45, 2.75) is 96.5 Å². The van der Waals surface area contributed by atoms with Gasteiger partial charge >= 0.3 is 6.09 Å². The van der Waals surface area contributed by atoms with E-state index in [0.717, 1.165) is 12.8 Å². The Morgan fingerprint density at radius 3 is 2.25 bits per heavy atom. The predicted octanol–water partition coefficient (Wildman–Crippen LogP) is 2.77. The Balaban J connectivity index is 2.46. The van der Waals surface area contributed by atoms with E-state index in [2.05, 4.69) is 16.6 Å². The van der Waals surface area contributed by atoms with Crippen molar-refractivity contribution in [2.75, 3.05) is 0 Å². The third kappa shape index (κ3) is 8.59. The number of hydrogen-bond acceptors (Lipinski definition) is 5. The minimum absolute atomic E-state index is 0.104. The van der Waals surface area contributed by atoms with Crippen molar-refractivity contribution in [3.8, 4) is 12.3 Å². The van der Waals surface area contributed by atoms with Gasteiger partial charge in [-0.25, -0.2) is 4.79 Å². The number of amides is 4. The van der Waals surface area contributed by atoms with Gasteiger partial charge in [0.15, 0.2) is 0 Å². The highest BCUT2D eigenvalue weighted by Crippen LogP contribution is 2.36. The van der Waals surface area contributed by atoms with Gasteiger partial charge in [-0.3, -0.25) is 14.4 Å². The molecule has 0 aromatic heterocycles. The molecule has 9 nitrogen and oxygen atoms in total. The first-order chi connectivity index (χ1) is 16.9. The molecule has 0 heterocycles. The molecular formula is C27H38N4O5. The van der Waals surface area contributed by atoms with Crippen molar-refractivity contribution in [3.63, 3.8) is 0 Å². The van der Waals surface area contributed by atoms with E-state index in [9.17, 15) is 19.2 Å². The molecule has 196 valence electrons. The fourth-order valence-corrected chi connectivity index (χ4v) is 3.93. The standard InChI is InChI=1S/C27H38N4O5/c1-7-9-17(3)29-24(33)23(19-12-10-18(8-2)11-13-19)31(20-14-15-20)25(34)21(16-22(28)32)30-26(35)36-27(4,5)6/h2,10-13,17,20-21,23H,7,9,14-16H2,1,3-6H3,(H2,28,32)(H,29,33)(H,30,35). The quantitative estimate of drug-likeness (QED) is 0.404. The summed E-state index contributed by atoms with van der Waals surface area (Å²) in [6.07, 6.45) is 7.25. The second-order valence-electron chi connectivity index (χ2n) is 10.2. The molecule has 0 saturated heterocycles. The van der Waals surface area contributed by atoms with Gasteiger partial charge in [-0.05, 0) is 64.7 Å². The summed E-state index contributed by atoms with van der Waals surface area (Å²) < 4.78 is 5.28. The second kappa shape index (κ2) is 12.4. The van der Waals surface area contributed by atoms with Crippen LogP contribution in [0, 0.1) is 12.3 Å². The molecular weight excluding hydrogens is 460 g/mol. The highest BCUT2D eigenvalue weighted by molar-refractivity contribution is 5.95. The van der Waals surface area contributed by atoms with Crippen LogP contribution in [0.25, 0.3) is 0 Å².